The molecule has 0 fully saturated rings. The fourth-order valence-electron chi connectivity index (χ4n) is 1.97. The fraction of sp³-hybridized carbons (Fsp3) is 1.00. The Morgan fingerprint density at radius 3 is 1.75 bits per heavy atom. The lowest BCUT2D eigenvalue weighted by molar-refractivity contribution is 0.356. The van der Waals surface area contributed by atoms with Crippen molar-refractivity contribution >= 4 is 0 Å². The predicted molar refractivity (Wildman–Crippen MR) is 74.9 cm³/mol. The lowest BCUT2D eigenvalue weighted by Crippen LogP contribution is -2.13. The maximum atomic E-state index is 3.38. The summed E-state index contributed by atoms with van der Waals surface area (Å²) >= 11 is 0. The molecular weight excluding hydrogens is 194 g/mol. The van der Waals surface area contributed by atoms with Gasteiger partial charge in [0.15, 0.2) is 0 Å². The number of nitrogens with one attached hydrogen (secondary N) is 1. The molecule has 0 rings (SSSR count). The Labute approximate surface area is 103 Å². The van der Waals surface area contributed by atoms with Gasteiger partial charge >= 0.3 is 0 Å². The monoisotopic (exact) mass is 227 g/mol. The first-order chi connectivity index (χ1) is 7.56. The number of rotatable bonds is 10. The van der Waals surface area contributed by atoms with Crippen molar-refractivity contribution in [2.45, 2.75) is 79.1 Å². The summed E-state index contributed by atoms with van der Waals surface area (Å²) < 4.78 is 0. The van der Waals surface area contributed by atoms with Gasteiger partial charge in [0.05, 0.1) is 0 Å². The number of hydrogen-bond donors (Lipinski definition) is 1. The molecule has 0 saturated carbocycles. The molecule has 0 aromatic carbocycles. The molecule has 0 radical (unpaired) electrons. The largest absolute Gasteiger partial charge is 0.317 e. The van der Waals surface area contributed by atoms with Gasteiger partial charge in [-0.2, -0.15) is 0 Å². The summed E-state index contributed by atoms with van der Waals surface area (Å²) in [6.45, 7) is 11.5. The van der Waals surface area contributed by atoms with Gasteiger partial charge in [0.2, 0.25) is 0 Å². The van der Waals surface area contributed by atoms with Crippen LogP contribution >= 0.6 is 0 Å². The highest BCUT2D eigenvalue weighted by atomic mass is 14.8. The third kappa shape index (κ3) is 14.0. The van der Waals surface area contributed by atoms with Gasteiger partial charge < -0.3 is 5.32 Å². The number of unbranched alkanes of at least 4 members (excludes halogenated alkanes) is 6. The van der Waals surface area contributed by atoms with E-state index >= 15 is 0 Å². The highest BCUT2D eigenvalue weighted by molar-refractivity contribution is 4.61. The van der Waals surface area contributed by atoms with E-state index in [0.717, 1.165) is 6.54 Å². The van der Waals surface area contributed by atoms with Crippen molar-refractivity contribution in [2.75, 3.05) is 13.1 Å². The first kappa shape index (κ1) is 16.0. The van der Waals surface area contributed by atoms with E-state index in [9.17, 15) is 0 Å². The first-order valence-corrected chi connectivity index (χ1v) is 7.27. The van der Waals surface area contributed by atoms with Gasteiger partial charge in [0.25, 0.3) is 0 Å². The minimum atomic E-state index is 0.534. The predicted octanol–water partition coefficient (Wildman–Crippen LogP) is 4.76. The van der Waals surface area contributed by atoms with Crippen LogP contribution in [0.3, 0.4) is 0 Å². The second kappa shape index (κ2) is 10.1. The summed E-state index contributed by atoms with van der Waals surface area (Å²) in [5.41, 5.74) is 0.534. The topological polar surface area (TPSA) is 12.0 Å². The minimum Gasteiger partial charge on any atom is -0.317 e. The quantitative estimate of drug-likeness (QED) is 0.530. The van der Waals surface area contributed by atoms with E-state index in [4.69, 9.17) is 0 Å². The van der Waals surface area contributed by atoms with E-state index in [0.29, 0.717) is 5.41 Å². The molecular formula is C15H33N. The van der Waals surface area contributed by atoms with E-state index in [2.05, 4.69) is 33.0 Å². The summed E-state index contributed by atoms with van der Waals surface area (Å²) in [4.78, 5) is 0. The normalized spacial score (nSPS) is 12.0. The zero-order valence-corrected chi connectivity index (χ0v) is 12.1. The average molecular weight is 227 g/mol. The van der Waals surface area contributed by atoms with Gasteiger partial charge in [-0.05, 0) is 31.3 Å². The van der Waals surface area contributed by atoms with Crippen molar-refractivity contribution in [3.8, 4) is 0 Å². The molecule has 16 heavy (non-hydrogen) atoms. The Hall–Kier alpha value is -0.0400. The molecule has 1 heteroatoms. The van der Waals surface area contributed by atoms with Crippen LogP contribution in [-0.4, -0.2) is 13.1 Å². The molecule has 98 valence electrons. The molecule has 0 aliphatic rings. The molecule has 0 atom stereocenters. The molecule has 1 nitrogen and oxygen atoms in total. The Balaban J connectivity index is 2.99. The van der Waals surface area contributed by atoms with Gasteiger partial charge in [-0.3, -0.25) is 0 Å². The van der Waals surface area contributed by atoms with Crippen LogP contribution in [0.15, 0.2) is 0 Å². The van der Waals surface area contributed by atoms with Crippen molar-refractivity contribution < 1.29 is 0 Å². The molecule has 0 heterocycles. The SMILES string of the molecule is CCNCCCCCCCCCC(C)(C)C. The van der Waals surface area contributed by atoms with Gasteiger partial charge in [-0.1, -0.05) is 66.2 Å². The van der Waals surface area contributed by atoms with Crippen LogP contribution < -0.4 is 5.32 Å². The van der Waals surface area contributed by atoms with Crippen molar-refractivity contribution in [3.05, 3.63) is 0 Å². The van der Waals surface area contributed by atoms with Gasteiger partial charge in [-0.25, -0.2) is 0 Å². The second-order valence-electron chi connectivity index (χ2n) is 6.14. The average Bonchev–Trinajstić information content (AvgIpc) is 2.19. The van der Waals surface area contributed by atoms with Crippen LogP contribution in [0.5, 0.6) is 0 Å². The maximum Gasteiger partial charge on any atom is -0.00490 e. The molecule has 0 amide bonds. The minimum absolute atomic E-state index is 0.534. The Kier molecular flexibility index (Phi) is 10.1. The van der Waals surface area contributed by atoms with E-state index in [1.807, 2.05) is 0 Å². The van der Waals surface area contributed by atoms with E-state index in [-0.39, 0.29) is 0 Å². The highest BCUT2D eigenvalue weighted by Gasteiger charge is 2.08. The molecule has 0 bridgehead atoms. The van der Waals surface area contributed by atoms with Crippen molar-refractivity contribution in [2.24, 2.45) is 5.41 Å². The summed E-state index contributed by atoms with van der Waals surface area (Å²) in [6, 6.07) is 0. The smallest absolute Gasteiger partial charge is 0.00490 e. The van der Waals surface area contributed by atoms with Gasteiger partial charge in [0.1, 0.15) is 0 Å². The number of hydrogen-bond acceptors (Lipinski definition) is 1. The Morgan fingerprint density at radius 2 is 1.25 bits per heavy atom. The summed E-state index contributed by atoms with van der Waals surface area (Å²) in [5, 5.41) is 3.38. The molecule has 0 aromatic heterocycles. The van der Waals surface area contributed by atoms with Gasteiger partial charge in [0, 0.05) is 0 Å². The standard InChI is InChI=1S/C15H33N/c1-5-16-14-12-10-8-6-7-9-11-13-15(2,3)4/h16H,5-14H2,1-4H3. The van der Waals surface area contributed by atoms with E-state index in [1.54, 1.807) is 0 Å². The van der Waals surface area contributed by atoms with Crippen LogP contribution in [0.25, 0.3) is 0 Å². The molecule has 0 aliphatic heterocycles. The lowest BCUT2D eigenvalue weighted by atomic mass is 9.89. The zero-order valence-electron chi connectivity index (χ0n) is 12.1. The van der Waals surface area contributed by atoms with Crippen LogP contribution in [-0.2, 0) is 0 Å². The van der Waals surface area contributed by atoms with Crippen LogP contribution in [0, 0.1) is 5.41 Å². The maximum absolute atomic E-state index is 3.38. The first-order valence-electron chi connectivity index (χ1n) is 7.27. The summed E-state index contributed by atoms with van der Waals surface area (Å²) in [5.74, 6) is 0. The molecule has 1 N–H and O–H groups in total. The Bertz CT molecular complexity index is 135. The summed E-state index contributed by atoms with van der Waals surface area (Å²) in [7, 11) is 0. The van der Waals surface area contributed by atoms with Crippen molar-refractivity contribution in [3.63, 3.8) is 0 Å². The third-order valence-corrected chi connectivity index (χ3v) is 3.03. The zero-order chi connectivity index (χ0) is 12.3. The van der Waals surface area contributed by atoms with Crippen LogP contribution in [0.4, 0.5) is 0 Å². The molecule has 0 unspecified atom stereocenters. The highest BCUT2D eigenvalue weighted by Crippen LogP contribution is 2.22. The fourth-order valence-corrected chi connectivity index (χ4v) is 1.97. The Morgan fingerprint density at radius 1 is 0.750 bits per heavy atom. The van der Waals surface area contributed by atoms with Crippen LogP contribution in [0.1, 0.15) is 79.1 Å². The molecule has 0 aromatic rings. The second-order valence-corrected chi connectivity index (χ2v) is 6.14. The van der Waals surface area contributed by atoms with Crippen molar-refractivity contribution in [1.29, 1.82) is 0 Å². The summed E-state index contributed by atoms with van der Waals surface area (Å²) in [6.07, 6.45) is 11.3. The third-order valence-electron chi connectivity index (χ3n) is 3.03. The van der Waals surface area contributed by atoms with E-state index < -0.39 is 0 Å². The molecule has 0 spiro atoms. The van der Waals surface area contributed by atoms with Crippen molar-refractivity contribution in [1.82, 2.24) is 5.32 Å². The molecule has 0 aliphatic carbocycles. The van der Waals surface area contributed by atoms with Gasteiger partial charge in [-0.15, -0.1) is 0 Å². The molecule has 0 saturated heterocycles. The van der Waals surface area contributed by atoms with Crippen LogP contribution in [0.2, 0.25) is 0 Å². The van der Waals surface area contributed by atoms with E-state index in [1.165, 1.54) is 57.9 Å². The lowest BCUT2D eigenvalue weighted by Gasteiger charge is -2.17.